The van der Waals surface area contributed by atoms with Gasteiger partial charge in [0, 0.05) is 0 Å². The van der Waals surface area contributed by atoms with Gasteiger partial charge in [-0.05, 0) is 18.6 Å². The lowest BCUT2D eigenvalue weighted by molar-refractivity contribution is 0.612. The average Bonchev–Trinajstić information content (AvgIpc) is 2.96. The van der Waals surface area contributed by atoms with E-state index < -0.39 is 0 Å². The molecule has 0 bridgehead atoms. The first kappa shape index (κ1) is 12.1. The Labute approximate surface area is 115 Å². The molecule has 1 aromatic carbocycles. The lowest BCUT2D eigenvalue weighted by Crippen LogP contribution is -2.07. The summed E-state index contributed by atoms with van der Waals surface area (Å²) in [5.41, 5.74) is 7.88. The van der Waals surface area contributed by atoms with Gasteiger partial charge in [0.1, 0.15) is 5.01 Å². The standard InChI is InChI=1S/C13H15N5S/c1-2-5-10-13(14)16-17-18(10)8-12-15-9-6-3-4-7-11(9)19-12/h3-4,6-7H,2,5,8,14H2,1H3. The minimum atomic E-state index is 0.531. The van der Waals surface area contributed by atoms with Gasteiger partial charge < -0.3 is 5.73 Å². The highest BCUT2D eigenvalue weighted by Crippen LogP contribution is 2.23. The molecule has 6 heteroatoms. The van der Waals surface area contributed by atoms with Gasteiger partial charge in [-0.25, -0.2) is 9.67 Å². The number of benzene rings is 1. The van der Waals surface area contributed by atoms with Gasteiger partial charge in [-0.1, -0.05) is 30.7 Å². The summed E-state index contributed by atoms with van der Waals surface area (Å²) in [6, 6.07) is 8.14. The molecule has 0 aliphatic carbocycles. The van der Waals surface area contributed by atoms with Gasteiger partial charge in [0.2, 0.25) is 0 Å². The van der Waals surface area contributed by atoms with Crippen LogP contribution in [0.15, 0.2) is 24.3 Å². The van der Waals surface area contributed by atoms with E-state index in [2.05, 4.69) is 28.3 Å². The Morgan fingerprint density at radius 1 is 1.32 bits per heavy atom. The SMILES string of the molecule is CCCc1c(N)nnn1Cc1nc2ccccc2s1. The fourth-order valence-corrected chi connectivity index (χ4v) is 3.03. The molecule has 5 nitrogen and oxygen atoms in total. The summed E-state index contributed by atoms with van der Waals surface area (Å²) < 4.78 is 3.05. The Hall–Kier alpha value is -1.95. The van der Waals surface area contributed by atoms with Crippen molar-refractivity contribution in [2.24, 2.45) is 0 Å². The minimum Gasteiger partial charge on any atom is -0.381 e. The normalized spacial score (nSPS) is 11.2. The van der Waals surface area contributed by atoms with E-state index in [9.17, 15) is 0 Å². The fraction of sp³-hybridized carbons (Fsp3) is 0.308. The topological polar surface area (TPSA) is 69.6 Å². The van der Waals surface area contributed by atoms with Crippen LogP contribution < -0.4 is 5.73 Å². The third kappa shape index (κ3) is 2.31. The first-order valence-corrected chi connectivity index (χ1v) is 7.12. The quantitative estimate of drug-likeness (QED) is 0.792. The van der Waals surface area contributed by atoms with Crippen molar-refractivity contribution < 1.29 is 0 Å². The third-order valence-corrected chi connectivity index (χ3v) is 4.00. The molecule has 0 saturated carbocycles. The Morgan fingerprint density at radius 2 is 2.16 bits per heavy atom. The second-order valence-electron chi connectivity index (χ2n) is 4.40. The minimum absolute atomic E-state index is 0.531. The fourth-order valence-electron chi connectivity index (χ4n) is 2.08. The number of fused-ring (bicyclic) bond motifs is 1. The molecular formula is C13H15N5S. The molecule has 0 aliphatic rings. The van der Waals surface area contributed by atoms with Crippen LogP contribution in [0.25, 0.3) is 10.2 Å². The zero-order valence-corrected chi connectivity index (χ0v) is 11.5. The summed E-state index contributed by atoms with van der Waals surface area (Å²) in [7, 11) is 0. The van der Waals surface area contributed by atoms with Crippen LogP contribution in [0.4, 0.5) is 5.82 Å². The van der Waals surface area contributed by atoms with Crippen LogP contribution >= 0.6 is 11.3 Å². The van der Waals surface area contributed by atoms with Crippen molar-refractivity contribution in [3.63, 3.8) is 0 Å². The van der Waals surface area contributed by atoms with Crippen molar-refractivity contribution in [1.29, 1.82) is 0 Å². The van der Waals surface area contributed by atoms with Gasteiger partial charge in [-0.2, -0.15) is 0 Å². The highest BCUT2D eigenvalue weighted by atomic mass is 32.1. The van der Waals surface area contributed by atoms with Crippen molar-refractivity contribution in [2.45, 2.75) is 26.3 Å². The lowest BCUT2D eigenvalue weighted by Gasteiger charge is -2.03. The van der Waals surface area contributed by atoms with E-state index in [1.807, 2.05) is 22.9 Å². The number of aromatic nitrogens is 4. The molecule has 3 rings (SSSR count). The number of rotatable bonds is 4. The Bertz CT molecular complexity index is 667. The van der Waals surface area contributed by atoms with Crippen molar-refractivity contribution in [2.75, 3.05) is 5.73 Å². The molecular weight excluding hydrogens is 258 g/mol. The number of nitrogens with two attached hydrogens (primary N) is 1. The predicted molar refractivity (Wildman–Crippen MR) is 77.2 cm³/mol. The van der Waals surface area contributed by atoms with Gasteiger partial charge in [-0.15, -0.1) is 16.4 Å². The van der Waals surface area contributed by atoms with Crippen molar-refractivity contribution >= 4 is 27.4 Å². The molecule has 2 heterocycles. The maximum absolute atomic E-state index is 5.84. The van der Waals surface area contributed by atoms with E-state index in [1.165, 1.54) is 4.70 Å². The number of nitrogens with zero attached hydrogens (tertiary/aromatic N) is 4. The molecule has 0 spiro atoms. The third-order valence-electron chi connectivity index (χ3n) is 2.98. The molecule has 0 unspecified atom stereocenters. The molecule has 2 aromatic heterocycles. The zero-order valence-electron chi connectivity index (χ0n) is 10.7. The predicted octanol–water partition coefficient (Wildman–Crippen LogP) is 2.47. The molecule has 98 valence electrons. The van der Waals surface area contributed by atoms with E-state index in [1.54, 1.807) is 11.3 Å². The Kier molecular flexibility index (Phi) is 3.16. The van der Waals surface area contributed by atoms with E-state index in [0.717, 1.165) is 29.1 Å². The summed E-state index contributed by atoms with van der Waals surface area (Å²) in [6.45, 7) is 2.76. The van der Waals surface area contributed by atoms with Gasteiger partial charge in [-0.3, -0.25) is 0 Å². The first-order chi connectivity index (χ1) is 9.28. The number of anilines is 1. The van der Waals surface area contributed by atoms with Gasteiger partial charge in [0.05, 0.1) is 22.5 Å². The number of hydrogen-bond acceptors (Lipinski definition) is 5. The Balaban J connectivity index is 1.92. The molecule has 0 atom stereocenters. The van der Waals surface area contributed by atoms with Crippen LogP contribution in [0.1, 0.15) is 24.0 Å². The molecule has 0 amide bonds. The molecule has 0 aliphatic heterocycles. The summed E-state index contributed by atoms with van der Waals surface area (Å²) >= 11 is 1.69. The van der Waals surface area contributed by atoms with Crippen molar-refractivity contribution in [3.8, 4) is 0 Å². The van der Waals surface area contributed by atoms with E-state index in [4.69, 9.17) is 5.73 Å². The second kappa shape index (κ2) is 4.97. The van der Waals surface area contributed by atoms with Crippen LogP contribution in [0, 0.1) is 0 Å². The van der Waals surface area contributed by atoms with E-state index >= 15 is 0 Å². The van der Waals surface area contributed by atoms with E-state index in [-0.39, 0.29) is 0 Å². The summed E-state index contributed by atoms with van der Waals surface area (Å²) in [5, 5.41) is 9.09. The molecule has 2 N–H and O–H groups in total. The highest BCUT2D eigenvalue weighted by Gasteiger charge is 2.11. The second-order valence-corrected chi connectivity index (χ2v) is 5.52. The van der Waals surface area contributed by atoms with Gasteiger partial charge >= 0.3 is 0 Å². The largest absolute Gasteiger partial charge is 0.381 e. The smallest absolute Gasteiger partial charge is 0.169 e. The van der Waals surface area contributed by atoms with Gasteiger partial charge in [0.15, 0.2) is 5.82 Å². The molecule has 0 saturated heterocycles. The molecule has 0 radical (unpaired) electrons. The van der Waals surface area contributed by atoms with Crippen molar-refractivity contribution in [3.05, 3.63) is 35.0 Å². The van der Waals surface area contributed by atoms with E-state index in [0.29, 0.717) is 12.4 Å². The lowest BCUT2D eigenvalue weighted by atomic mass is 10.2. The monoisotopic (exact) mass is 273 g/mol. The Morgan fingerprint density at radius 3 is 2.95 bits per heavy atom. The van der Waals surface area contributed by atoms with Crippen LogP contribution in [0.2, 0.25) is 0 Å². The van der Waals surface area contributed by atoms with Crippen LogP contribution in [-0.4, -0.2) is 20.0 Å². The number of nitrogen functional groups attached to an aromatic ring is 1. The number of para-hydroxylation sites is 1. The first-order valence-electron chi connectivity index (χ1n) is 6.30. The number of thiazole rings is 1. The maximum atomic E-state index is 5.84. The molecule has 19 heavy (non-hydrogen) atoms. The summed E-state index contributed by atoms with van der Waals surface area (Å²) in [4.78, 5) is 4.61. The van der Waals surface area contributed by atoms with Gasteiger partial charge in [0.25, 0.3) is 0 Å². The van der Waals surface area contributed by atoms with Crippen LogP contribution in [0.5, 0.6) is 0 Å². The summed E-state index contributed by atoms with van der Waals surface area (Å²) in [5.74, 6) is 0.531. The average molecular weight is 273 g/mol. The summed E-state index contributed by atoms with van der Waals surface area (Å²) in [6.07, 6.45) is 1.92. The highest BCUT2D eigenvalue weighted by molar-refractivity contribution is 7.18. The molecule has 0 fully saturated rings. The number of hydrogen-bond donors (Lipinski definition) is 1. The maximum Gasteiger partial charge on any atom is 0.169 e. The van der Waals surface area contributed by atoms with Crippen LogP contribution in [0.3, 0.4) is 0 Å². The van der Waals surface area contributed by atoms with Crippen LogP contribution in [-0.2, 0) is 13.0 Å². The van der Waals surface area contributed by atoms with Crippen molar-refractivity contribution in [1.82, 2.24) is 20.0 Å². The zero-order chi connectivity index (χ0) is 13.2. The molecule has 3 aromatic rings.